The first-order valence-electron chi connectivity index (χ1n) is 6.04. The van der Waals surface area contributed by atoms with Crippen LogP contribution in [-0.4, -0.2) is 39.6 Å². The molecular weight excluding hydrogens is 220 g/mol. The first kappa shape index (κ1) is 12.0. The fourth-order valence-electron chi connectivity index (χ4n) is 2.03. The minimum absolute atomic E-state index is 0.0559. The van der Waals surface area contributed by atoms with Crippen LogP contribution in [0, 0.1) is 5.92 Å². The van der Waals surface area contributed by atoms with Crippen molar-refractivity contribution in [2.45, 2.75) is 32.2 Å². The Morgan fingerprint density at radius 3 is 3.18 bits per heavy atom. The summed E-state index contributed by atoms with van der Waals surface area (Å²) in [5, 5.41) is 19.4. The second-order valence-electron chi connectivity index (χ2n) is 4.36. The molecular formula is C10H18N6O. The summed E-state index contributed by atoms with van der Waals surface area (Å²) in [4.78, 5) is 11.6. The number of aromatic amines is 1. The third-order valence-corrected chi connectivity index (χ3v) is 3.01. The highest BCUT2D eigenvalue weighted by Crippen LogP contribution is 2.15. The minimum atomic E-state index is 0.0559. The van der Waals surface area contributed by atoms with Crippen LogP contribution in [0.3, 0.4) is 0 Å². The van der Waals surface area contributed by atoms with Gasteiger partial charge in [-0.3, -0.25) is 4.79 Å². The highest BCUT2D eigenvalue weighted by molar-refractivity contribution is 5.75. The molecule has 1 atom stereocenters. The molecule has 1 aromatic heterocycles. The minimum Gasteiger partial charge on any atom is -0.349 e. The van der Waals surface area contributed by atoms with Crippen molar-refractivity contribution >= 4 is 5.91 Å². The molecule has 0 saturated carbocycles. The lowest BCUT2D eigenvalue weighted by Gasteiger charge is -2.22. The molecule has 7 nitrogen and oxygen atoms in total. The first-order valence-corrected chi connectivity index (χ1v) is 6.04. The van der Waals surface area contributed by atoms with Crippen LogP contribution in [0.1, 0.15) is 31.5 Å². The van der Waals surface area contributed by atoms with Crippen LogP contribution < -0.4 is 10.6 Å². The zero-order chi connectivity index (χ0) is 11.9. The number of carbonyl (C=O) groups is 1. The number of rotatable bonds is 5. The lowest BCUT2D eigenvalue weighted by Crippen LogP contribution is -2.31. The van der Waals surface area contributed by atoms with Crippen molar-refractivity contribution in [1.29, 1.82) is 0 Å². The molecule has 1 amide bonds. The number of piperidine rings is 1. The lowest BCUT2D eigenvalue weighted by atomic mass is 9.94. The molecule has 2 rings (SSSR count). The van der Waals surface area contributed by atoms with E-state index < -0.39 is 0 Å². The molecule has 0 aliphatic carbocycles. The number of hydrogen-bond acceptors (Lipinski definition) is 5. The molecule has 7 heteroatoms. The molecule has 1 unspecified atom stereocenters. The fourth-order valence-corrected chi connectivity index (χ4v) is 2.03. The molecule has 1 saturated heterocycles. The average molecular weight is 238 g/mol. The molecule has 1 aliphatic heterocycles. The van der Waals surface area contributed by atoms with E-state index in [0.29, 0.717) is 24.7 Å². The number of amides is 1. The van der Waals surface area contributed by atoms with Gasteiger partial charge in [0.15, 0.2) is 5.82 Å². The van der Waals surface area contributed by atoms with Gasteiger partial charge >= 0.3 is 0 Å². The zero-order valence-electron chi connectivity index (χ0n) is 9.78. The number of H-pyrrole nitrogens is 1. The van der Waals surface area contributed by atoms with Gasteiger partial charge in [0.1, 0.15) is 0 Å². The van der Waals surface area contributed by atoms with Gasteiger partial charge in [-0.2, -0.15) is 5.21 Å². The van der Waals surface area contributed by atoms with E-state index in [2.05, 4.69) is 31.3 Å². The standard InChI is InChI=1S/C10H18N6O/c17-10(12-7-9-13-15-16-14-9)4-3-8-2-1-5-11-6-8/h8,11H,1-7H2,(H,12,17)(H,13,14,15,16). The monoisotopic (exact) mass is 238 g/mol. The summed E-state index contributed by atoms with van der Waals surface area (Å²) in [6, 6.07) is 0. The molecule has 1 aliphatic rings. The van der Waals surface area contributed by atoms with Crippen molar-refractivity contribution < 1.29 is 4.79 Å². The highest BCUT2D eigenvalue weighted by Gasteiger charge is 2.14. The number of hydrogen-bond donors (Lipinski definition) is 3. The molecule has 0 radical (unpaired) electrons. The van der Waals surface area contributed by atoms with Crippen LogP contribution in [0.5, 0.6) is 0 Å². The van der Waals surface area contributed by atoms with Crippen LogP contribution in [0.2, 0.25) is 0 Å². The topological polar surface area (TPSA) is 95.6 Å². The fraction of sp³-hybridized carbons (Fsp3) is 0.800. The predicted octanol–water partition coefficient (Wildman–Crippen LogP) is -0.404. The Labute approximate surface area is 99.7 Å². The van der Waals surface area contributed by atoms with Crippen LogP contribution >= 0.6 is 0 Å². The van der Waals surface area contributed by atoms with Gasteiger partial charge in [-0.1, -0.05) is 5.21 Å². The summed E-state index contributed by atoms with van der Waals surface area (Å²) >= 11 is 0. The Bertz CT molecular complexity index is 333. The second kappa shape index (κ2) is 6.29. The van der Waals surface area contributed by atoms with Crippen molar-refractivity contribution in [3.63, 3.8) is 0 Å². The molecule has 3 N–H and O–H groups in total. The zero-order valence-corrected chi connectivity index (χ0v) is 9.78. The van der Waals surface area contributed by atoms with E-state index in [1.807, 2.05) is 0 Å². The van der Waals surface area contributed by atoms with Crippen LogP contribution in [-0.2, 0) is 11.3 Å². The normalized spacial score (nSPS) is 20.1. The second-order valence-corrected chi connectivity index (χ2v) is 4.36. The maximum absolute atomic E-state index is 11.6. The number of nitrogens with zero attached hydrogens (tertiary/aromatic N) is 3. The van der Waals surface area contributed by atoms with Gasteiger partial charge in [0.25, 0.3) is 0 Å². The Morgan fingerprint density at radius 2 is 2.47 bits per heavy atom. The largest absolute Gasteiger partial charge is 0.349 e. The van der Waals surface area contributed by atoms with Crippen molar-refractivity contribution in [3.05, 3.63) is 5.82 Å². The van der Waals surface area contributed by atoms with Gasteiger partial charge in [-0.05, 0) is 38.3 Å². The van der Waals surface area contributed by atoms with E-state index in [0.717, 1.165) is 19.5 Å². The van der Waals surface area contributed by atoms with Gasteiger partial charge in [-0.25, -0.2) is 0 Å². The van der Waals surface area contributed by atoms with Gasteiger partial charge in [0, 0.05) is 6.42 Å². The van der Waals surface area contributed by atoms with Crippen molar-refractivity contribution in [2.75, 3.05) is 13.1 Å². The maximum atomic E-state index is 11.6. The van der Waals surface area contributed by atoms with E-state index in [4.69, 9.17) is 0 Å². The lowest BCUT2D eigenvalue weighted by molar-refractivity contribution is -0.121. The quantitative estimate of drug-likeness (QED) is 0.648. The van der Waals surface area contributed by atoms with Crippen LogP contribution in [0.4, 0.5) is 0 Å². The van der Waals surface area contributed by atoms with E-state index in [9.17, 15) is 4.79 Å². The molecule has 1 aromatic rings. The summed E-state index contributed by atoms with van der Waals surface area (Å²) in [5.41, 5.74) is 0. The van der Waals surface area contributed by atoms with Crippen molar-refractivity contribution in [3.8, 4) is 0 Å². The highest BCUT2D eigenvalue weighted by atomic mass is 16.1. The summed E-state index contributed by atoms with van der Waals surface area (Å²) in [6.45, 7) is 2.50. The summed E-state index contributed by atoms with van der Waals surface area (Å²) in [6.07, 6.45) is 3.97. The number of aromatic nitrogens is 4. The van der Waals surface area contributed by atoms with Gasteiger partial charge in [0.2, 0.25) is 5.91 Å². The van der Waals surface area contributed by atoms with Crippen LogP contribution in [0.15, 0.2) is 0 Å². The molecule has 94 valence electrons. The van der Waals surface area contributed by atoms with Crippen molar-refractivity contribution in [1.82, 2.24) is 31.3 Å². The Morgan fingerprint density at radius 1 is 1.53 bits per heavy atom. The third-order valence-electron chi connectivity index (χ3n) is 3.01. The Hall–Kier alpha value is -1.50. The van der Waals surface area contributed by atoms with Crippen LogP contribution in [0.25, 0.3) is 0 Å². The smallest absolute Gasteiger partial charge is 0.220 e. The number of tetrazole rings is 1. The molecule has 0 aromatic carbocycles. The Balaban J connectivity index is 1.60. The van der Waals surface area contributed by atoms with E-state index in [-0.39, 0.29) is 5.91 Å². The predicted molar refractivity (Wildman–Crippen MR) is 60.9 cm³/mol. The number of nitrogens with one attached hydrogen (secondary N) is 3. The third kappa shape index (κ3) is 4.10. The molecule has 1 fully saturated rings. The SMILES string of the molecule is O=C(CCC1CCCNC1)NCc1nn[nH]n1. The Kier molecular flexibility index (Phi) is 4.43. The van der Waals surface area contributed by atoms with E-state index in [1.54, 1.807) is 0 Å². The van der Waals surface area contributed by atoms with E-state index in [1.165, 1.54) is 12.8 Å². The van der Waals surface area contributed by atoms with E-state index >= 15 is 0 Å². The number of carbonyl (C=O) groups excluding carboxylic acids is 1. The van der Waals surface area contributed by atoms with Gasteiger partial charge < -0.3 is 10.6 Å². The summed E-state index contributed by atoms with van der Waals surface area (Å²) < 4.78 is 0. The average Bonchev–Trinajstić information content (AvgIpc) is 2.88. The maximum Gasteiger partial charge on any atom is 0.220 e. The molecule has 0 bridgehead atoms. The van der Waals surface area contributed by atoms with Crippen molar-refractivity contribution in [2.24, 2.45) is 5.92 Å². The first-order chi connectivity index (χ1) is 8.34. The summed E-state index contributed by atoms with van der Waals surface area (Å²) in [5.74, 6) is 1.21. The van der Waals surface area contributed by atoms with Gasteiger partial charge in [-0.15, -0.1) is 10.2 Å². The van der Waals surface area contributed by atoms with Gasteiger partial charge in [0.05, 0.1) is 6.54 Å². The summed E-state index contributed by atoms with van der Waals surface area (Å²) in [7, 11) is 0. The molecule has 2 heterocycles. The molecule has 17 heavy (non-hydrogen) atoms. The molecule has 0 spiro atoms.